The fourth-order valence-corrected chi connectivity index (χ4v) is 3.68. The van der Waals surface area contributed by atoms with Crippen LogP contribution in [-0.4, -0.2) is 28.7 Å². The van der Waals surface area contributed by atoms with E-state index in [0.29, 0.717) is 13.0 Å². The van der Waals surface area contributed by atoms with Crippen molar-refractivity contribution in [2.24, 2.45) is 0 Å². The van der Waals surface area contributed by atoms with E-state index >= 15 is 0 Å². The Morgan fingerprint density at radius 3 is 2.39 bits per heavy atom. The van der Waals surface area contributed by atoms with Gasteiger partial charge in [0.05, 0.1) is 6.61 Å². The Hall–Kier alpha value is -2.03. The molecule has 1 heterocycles. The molecule has 0 saturated carbocycles. The quantitative estimate of drug-likeness (QED) is 0.450. The Balaban J connectivity index is 2.16. The summed E-state index contributed by atoms with van der Waals surface area (Å²) in [4.78, 5) is 15.6. The van der Waals surface area contributed by atoms with E-state index in [4.69, 9.17) is 4.74 Å². The number of anilines is 1. The average Bonchev–Trinajstić information content (AvgIpc) is 2.90. The lowest BCUT2D eigenvalue weighted by Gasteiger charge is -2.15. The highest BCUT2D eigenvalue weighted by Crippen LogP contribution is 2.34. The van der Waals surface area contributed by atoms with Gasteiger partial charge < -0.3 is 14.6 Å². The Kier molecular flexibility index (Phi) is 7.14. The Bertz CT molecular complexity index is 840. The number of nitrogens with zero attached hydrogens (tertiary/aromatic N) is 2. The number of halogens is 4. The third-order valence-corrected chi connectivity index (χ3v) is 4.80. The summed E-state index contributed by atoms with van der Waals surface area (Å²) in [5.41, 5.74) is 2.57. The van der Waals surface area contributed by atoms with Gasteiger partial charge in [-0.1, -0.05) is 17.7 Å². The van der Waals surface area contributed by atoms with Gasteiger partial charge in [0.15, 0.2) is 16.1 Å². The fourth-order valence-electron chi connectivity index (χ4n) is 3.14. The molecule has 0 atom stereocenters. The first-order chi connectivity index (χ1) is 13.1. The SMILES string of the molecule is CCOC(=O)c1c(C(F)(F)F)nc(Br)n1CCCNc1c(C)cc(C)cc1C. The number of hydrogen-bond donors (Lipinski definition) is 1. The number of imidazole rings is 1. The van der Waals surface area contributed by atoms with Crippen LogP contribution >= 0.6 is 15.9 Å². The summed E-state index contributed by atoms with van der Waals surface area (Å²) < 4.78 is 45.7. The summed E-state index contributed by atoms with van der Waals surface area (Å²) in [5, 5.41) is 3.32. The van der Waals surface area contributed by atoms with E-state index in [1.54, 1.807) is 0 Å². The molecule has 0 radical (unpaired) electrons. The number of aromatic nitrogens is 2. The van der Waals surface area contributed by atoms with Gasteiger partial charge in [-0.3, -0.25) is 0 Å². The topological polar surface area (TPSA) is 56.1 Å². The molecule has 9 heteroatoms. The number of nitrogens with one attached hydrogen (secondary N) is 1. The van der Waals surface area contributed by atoms with Gasteiger partial charge in [0, 0.05) is 18.8 Å². The highest BCUT2D eigenvalue weighted by atomic mass is 79.9. The largest absolute Gasteiger partial charge is 0.461 e. The molecule has 0 fully saturated rings. The number of alkyl halides is 3. The predicted molar refractivity (Wildman–Crippen MR) is 105 cm³/mol. The Labute approximate surface area is 170 Å². The third-order valence-electron chi connectivity index (χ3n) is 4.20. The maximum atomic E-state index is 13.3. The van der Waals surface area contributed by atoms with Crippen molar-refractivity contribution in [3.63, 3.8) is 0 Å². The zero-order valence-electron chi connectivity index (χ0n) is 16.2. The van der Waals surface area contributed by atoms with Crippen LogP contribution in [0.1, 0.15) is 46.2 Å². The van der Waals surface area contributed by atoms with Gasteiger partial charge >= 0.3 is 12.1 Å². The Morgan fingerprint density at radius 2 is 1.86 bits per heavy atom. The van der Waals surface area contributed by atoms with Crippen molar-refractivity contribution in [2.75, 3.05) is 18.5 Å². The molecular weight excluding hydrogens is 439 g/mol. The average molecular weight is 462 g/mol. The number of esters is 1. The maximum absolute atomic E-state index is 13.3. The summed E-state index contributed by atoms with van der Waals surface area (Å²) in [6.45, 7) is 8.25. The molecule has 2 rings (SSSR count). The van der Waals surface area contributed by atoms with Crippen molar-refractivity contribution in [3.05, 3.63) is 44.9 Å². The van der Waals surface area contributed by atoms with E-state index in [0.717, 1.165) is 16.8 Å². The molecule has 1 aromatic carbocycles. The van der Waals surface area contributed by atoms with Crippen LogP contribution in [0.3, 0.4) is 0 Å². The van der Waals surface area contributed by atoms with Crippen molar-refractivity contribution in [2.45, 2.75) is 46.8 Å². The number of carbonyl (C=O) groups excluding carboxylic acids is 1. The molecule has 1 aromatic heterocycles. The van der Waals surface area contributed by atoms with E-state index in [-0.39, 0.29) is 17.9 Å². The van der Waals surface area contributed by atoms with Crippen LogP contribution in [0.25, 0.3) is 0 Å². The molecule has 0 aliphatic heterocycles. The monoisotopic (exact) mass is 461 g/mol. The van der Waals surface area contributed by atoms with E-state index in [2.05, 4.69) is 38.4 Å². The third kappa shape index (κ3) is 5.06. The second kappa shape index (κ2) is 8.98. The van der Waals surface area contributed by atoms with E-state index < -0.39 is 23.5 Å². The summed E-state index contributed by atoms with van der Waals surface area (Å²) in [6, 6.07) is 4.13. The van der Waals surface area contributed by atoms with Gasteiger partial charge in [0.1, 0.15) is 0 Å². The Morgan fingerprint density at radius 1 is 1.25 bits per heavy atom. The lowest BCUT2D eigenvalue weighted by molar-refractivity contribution is -0.141. The minimum Gasteiger partial charge on any atom is -0.461 e. The maximum Gasteiger partial charge on any atom is 0.435 e. The molecule has 0 unspecified atom stereocenters. The van der Waals surface area contributed by atoms with Crippen molar-refractivity contribution in [1.82, 2.24) is 9.55 Å². The molecule has 1 N–H and O–H groups in total. The zero-order valence-corrected chi connectivity index (χ0v) is 17.8. The second-order valence-corrected chi connectivity index (χ2v) is 7.21. The number of ether oxygens (including phenoxy) is 1. The summed E-state index contributed by atoms with van der Waals surface area (Å²) >= 11 is 3.03. The minimum absolute atomic E-state index is 0.0214. The van der Waals surface area contributed by atoms with Crippen LogP contribution in [0.4, 0.5) is 18.9 Å². The molecule has 0 amide bonds. The van der Waals surface area contributed by atoms with Gasteiger partial charge in [-0.05, 0) is 61.2 Å². The van der Waals surface area contributed by atoms with Crippen molar-refractivity contribution < 1.29 is 22.7 Å². The molecule has 5 nitrogen and oxygen atoms in total. The molecule has 2 aromatic rings. The normalized spacial score (nSPS) is 11.6. The van der Waals surface area contributed by atoms with Gasteiger partial charge in [-0.25, -0.2) is 9.78 Å². The summed E-state index contributed by atoms with van der Waals surface area (Å²) in [5.74, 6) is -1.04. The first-order valence-corrected chi connectivity index (χ1v) is 9.67. The minimum atomic E-state index is -4.75. The van der Waals surface area contributed by atoms with Gasteiger partial charge in [-0.2, -0.15) is 13.2 Å². The zero-order chi connectivity index (χ0) is 21.1. The molecule has 28 heavy (non-hydrogen) atoms. The van der Waals surface area contributed by atoms with Gasteiger partial charge in [0.25, 0.3) is 0 Å². The fraction of sp³-hybridized carbons (Fsp3) is 0.474. The van der Waals surface area contributed by atoms with Crippen molar-refractivity contribution in [1.29, 1.82) is 0 Å². The number of carbonyl (C=O) groups is 1. The van der Waals surface area contributed by atoms with Crippen LogP contribution in [-0.2, 0) is 17.5 Å². The van der Waals surface area contributed by atoms with Gasteiger partial charge in [-0.15, -0.1) is 0 Å². The van der Waals surface area contributed by atoms with Crippen LogP contribution in [0.15, 0.2) is 16.9 Å². The standard InChI is InChI=1S/C19H23BrF3N3O2/c1-5-28-17(27)15-16(19(21,22)23)25-18(20)26(15)8-6-7-24-14-12(3)9-11(2)10-13(14)4/h9-10,24H,5-8H2,1-4H3. The summed E-state index contributed by atoms with van der Waals surface area (Å²) in [7, 11) is 0. The molecule has 154 valence electrons. The van der Waals surface area contributed by atoms with Crippen molar-refractivity contribution in [3.8, 4) is 0 Å². The second-order valence-electron chi connectivity index (χ2n) is 6.50. The van der Waals surface area contributed by atoms with Crippen LogP contribution in [0.5, 0.6) is 0 Å². The highest BCUT2D eigenvalue weighted by molar-refractivity contribution is 9.10. The number of rotatable bonds is 7. The molecule has 0 saturated heterocycles. The molecule has 0 aliphatic rings. The predicted octanol–water partition coefficient (Wildman–Crippen LogP) is 5.27. The molecule has 0 spiro atoms. The van der Waals surface area contributed by atoms with Crippen LogP contribution < -0.4 is 5.32 Å². The van der Waals surface area contributed by atoms with Gasteiger partial charge in [0.2, 0.25) is 0 Å². The van der Waals surface area contributed by atoms with E-state index in [1.807, 2.05) is 20.8 Å². The molecule has 0 aliphatic carbocycles. The van der Waals surface area contributed by atoms with Crippen LogP contribution in [0.2, 0.25) is 0 Å². The highest BCUT2D eigenvalue weighted by Gasteiger charge is 2.41. The first kappa shape index (κ1) is 22.3. The molecule has 0 bridgehead atoms. The van der Waals surface area contributed by atoms with Crippen molar-refractivity contribution >= 4 is 27.6 Å². The van der Waals surface area contributed by atoms with E-state index in [1.165, 1.54) is 17.1 Å². The van der Waals surface area contributed by atoms with E-state index in [9.17, 15) is 18.0 Å². The number of benzene rings is 1. The first-order valence-electron chi connectivity index (χ1n) is 8.88. The lowest BCUT2D eigenvalue weighted by atomic mass is 10.1. The smallest absolute Gasteiger partial charge is 0.435 e. The number of hydrogen-bond acceptors (Lipinski definition) is 4. The number of aryl methyl sites for hydroxylation is 3. The summed E-state index contributed by atoms with van der Waals surface area (Å²) in [6.07, 6.45) is -4.25. The van der Waals surface area contributed by atoms with Crippen LogP contribution in [0, 0.1) is 20.8 Å². The lowest BCUT2D eigenvalue weighted by Crippen LogP contribution is -2.19. The molecular formula is C19H23BrF3N3O2.